The third kappa shape index (κ3) is 4.46. The molecule has 0 bridgehead atoms. The lowest BCUT2D eigenvalue weighted by Crippen LogP contribution is -2.37. The van der Waals surface area contributed by atoms with Crippen LogP contribution in [0, 0.1) is 0 Å². The molecule has 0 unspecified atom stereocenters. The van der Waals surface area contributed by atoms with Crippen molar-refractivity contribution in [2.24, 2.45) is 4.99 Å². The Bertz CT molecular complexity index is 569. The maximum atomic E-state index is 4.56. The molecular weight excluding hydrogens is 373 g/mol. The van der Waals surface area contributed by atoms with Crippen molar-refractivity contribution in [3.05, 3.63) is 71.8 Å². The molecule has 1 aliphatic heterocycles. The Hall–Kier alpha value is -1.56. The first-order valence-corrected chi connectivity index (χ1v) is 7.03. The van der Waals surface area contributed by atoms with Crippen LogP contribution in [0.4, 0.5) is 0 Å². The van der Waals surface area contributed by atoms with Crippen molar-refractivity contribution in [3.63, 3.8) is 0 Å². The molecule has 0 saturated carbocycles. The molecule has 0 fully saturated rings. The predicted octanol–water partition coefficient (Wildman–Crippen LogP) is 3.27. The Morgan fingerprint density at radius 1 is 0.905 bits per heavy atom. The number of halogens is 1. The van der Waals surface area contributed by atoms with Crippen molar-refractivity contribution in [1.82, 2.24) is 10.2 Å². The summed E-state index contributed by atoms with van der Waals surface area (Å²) in [6.45, 7) is 3.61. The van der Waals surface area contributed by atoms with Crippen LogP contribution >= 0.6 is 24.0 Å². The summed E-state index contributed by atoms with van der Waals surface area (Å²) in [6, 6.07) is 21.0. The van der Waals surface area contributed by atoms with Crippen LogP contribution in [-0.4, -0.2) is 23.9 Å². The molecule has 1 aliphatic rings. The molecule has 0 spiro atoms. The second kappa shape index (κ2) is 8.02. The van der Waals surface area contributed by atoms with Crippen LogP contribution in [0.5, 0.6) is 0 Å². The number of nitrogens with zero attached hydrogens (tertiary/aromatic N) is 2. The number of hydrogen-bond donors (Lipinski definition) is 1. The van der Waals surface area contributed by atoms with E-state index in [1.54, 1.807) is 0 Å². The van der Waals surface area contributed by atoms with Gasteiger partial charge in [0.1, 0.15) is 0 Å². The maximum absolute atomic E-state index is 4.56. The van der Waals surface area contributed by atoms with Crippen LogP contribution in [0.3, 0.4) is 0 Å². The highest BCUT2D eigenvalue weighted by atomic mass is 127. The smallest absolute Gasteiger partial charge is 0.194 e. The fourth-order valence-electron chi connectivity index (χ4n) is 2.38. The van der Waals surface area contributed by atoms with Gasteiger partial charge in [0.2, 0.25) is 0 Å². The van der Waals surface area contributed by atoms with Crippen LogP contribution in [0.1, 0.15) is 11.1 Å². The van der Waals surface area contributed by atoms with Gasteiger partial charge in [-0.05, 0) is 11.1 Å². The standard InChI is InChI=1S/C17H19N3.HI/c1-3-7-15(8-4-1)13-19-17-18-11-12-20(17)14-16-9-5-2-6-10-16;/h1-10H,11-14H2,(H,18,19);1H. The molecule has 2 aromatic carbocycles. The highest BCUT2D eigenvalue weighted by molar-refractivity contribution is 14.0. The van der Waals surface area contributed by atoms with Gasteiger partial charge in [0.25, 0.3) is 0 Å². The highest BCUT2D eigenvalue weighted by Crippen LogP contribution is 2.08. The lowest BCUT2D eigenvalue weighted by molar-refractivity contribution is 0.436. The van der Waals surface area contributed by atoms with Gasteiger partial charge in [-0.2, -0.15) is 0 Å². The number of aliphatic imine (C=N–C) groups is 1. The minimum absolute atomic E-state index is 0. The molecule has 1 N–H and O–H groups in total. The van der Waals surface area contributed by atoms with Crippen LogP contribution in [0.15, 0.2) is 65.7 Å². The van der Waals surface area contributed by atoms with E-state index < -0.39 is 0 Å². The summed E-state index contributed by atoms with van der Waals surface area (Å²) in [4.78, 5) is 6.86. The van der Waals surface area contributed by atoms with E-state index in [4.69, 9.17) is 0 Å². The number of guanidine groups is 1. The van der Waals surface area contributed by atoms with Gasteiger partial charge in [0, 0.05) is 19.6 Å². The average molecular weight is 393 g/mol. The zero-order valence-corrected chi connectivity index (χ0v) is 14.2. The minimum Gasteiger partial charge on any atom is -0.352 e. The summed E-state index contributed by atoms with van der Waals surface area (Å²) in [7, 11) is 0. The molecule has 2 aromatic rings. The Morgan fingerprint density at radius 2 is 1.52 bits per heavy atom. The second-order valence-electron chi connectivity index (χ2n) is 4.95. The number of hydrogen-bond acceptors (Lipinski definition) is 3. The Balaban J connectivity index is 0.00000161. The molecule has 3 rings (SSSR count). The summed E-state index contributed by atoms with van der Waals surface area (Å²) in [5.41, 5.74) is 2.60. The lowest BCUT2D eigenvalue weighted by atomic mass is 10.2. The molecule has 0 amide bonds. The van der Waals surface area contributed by atoms with E-state index in [0.29, 0.717) is 0 Å². The minimum atomic E-state index is 0. The van der Waals surface area contributed by atoms with Crippen molar-refractivity contribution in [3.8, 4) is 0 Å². The van der Waals surface area contributed by atoms with Crippen LogP contribution in [0.2, 0.25) is 0 Å². The number of nitrogens with one attached hydrogen (secondary N) is 1. The van der Waals surface area contributed by atoms with Gasteiger partial charge in [-0.3, -0.25) is 4.99 Å². The van der Waals surface area contributed by atoms with E-state index in [2.05, 4.69) is 69.8 Å². The zero-order chi connectivity index (χ0) is 13.6. The van der Waals surface area contributed by atoms with E-state index in [-0.39, 0.29) is 24.0 Å². The summed E-state index contributed by atoms with van der Waals surface area (Å²) in [5, 5.41) is 3.44. The van der Waals surface area contributed by atoms with Crippen molar-refractivity contribution >= 4 is 29.9 Å². The van der Waals surface area contributed by atoms with Crippen molar-refractivity contribution < 1.29 is 0 Å². The monoisotopic (exact) mass is 393 g/mol. The van der Waals surface area contributed by atoms with Gasteiger partial charge in [0.05, 0.1) is 6.54 Å². The molecule has 0 aromatic heterocycles. The quantitative estimate of drug-likeness (QED) is 0.808. The molecule has 3 nitrogen and oxygen atoms in total. The van der Waals surface area contributed by atoms with Crippen LogP contribution in [0.25, 0.3) is 0 Å². The first-order valence-electron chi connectivity index (χ1n) is 7.03. The van der Waals surface area contributed by atoms with E-state index in [1.165, 1.54) is 11.1 Å². The fraction of sp³-hybridized carbons (Fsp3) is 0.235. The van der Waals surface area contributed by atoms with Crippen molar-refractivity contribution in [2.75, 3.05) is 13.1 Å². The SMILES string of the molecule is I.c1ccc(CNC2=NCCN2Cc2ccccc2)cc1. The van der Waals surface area contributed by atoms with Gasteiger partial charge in [0.15, 0.2) is 5.96 Å². The van der Waals surface area contributed by atoms with E-state index in [9.17, 15) is 0 Å². The summed E-state index contributed by atoms with van der Waals surface area (Å²) in [6.07, 6.45) is 0. The lowest BCUT2D eigenvalue weighted by Gasteiger charge is -2.21. The van der Waals surface area contributed by atoms with Gasteiger partial charge >= 0.3 is 0 Å². The summed E-state index contributed by atoms with van der Waals surface area (Å²) in [5.74, 6) is 1.01. The topological polar surface area (TPSA) is 27.6 Å². The largest absolute Gasteiger partial charge is 0.352 e. The Labute approximate surface area is 143 Å². The Kier molecular flexibility index (Phi) is 6.04. The summed E-state index contributed by atoms with van der Waals surface area (Å²) >= 11 is 0. The van der Waals surface area contributed by atoms with E-state index in [0.717, 1.165) is 32.1 Å². The first-order chi connectivity index (χ1) is 9.92. The predicted molar refractivity (Wildman–Crippen MR) is 97.9 cm³/mol. The van der Waals surface area contributed by atoms with Gasteiger partial charge in [-0.25, -0.2) is 0 Å². The van der Waals surface area contributed by atoms with Gasteiger partial charge in [-0.1, -0.05) is 60.7 Å². The highest BCUT2D eigenvalue weighted by Gasteiger charge is 2.16. The molecule has 0 aliphatic carbocycles. The number of rotatable bonds is 4. The van der Waals surface area contributed by atoms with Crippen LogP contribution < -0.4 is 5.32 Å². The molecule has 1 heterocycles. The zero-order valence-electron chi connectivity index (χ0n) is 11.9. The number of benzene rings is 2. The maximum Gasteiger partial charge on any atom is 0.194 e. The molecule has 0 radical (unpaired) electrons. The molecule has 110 valence electrons. The Morgan fingerprint density at radius 3 is 2.19 bits per heavy atom. The fourth-order valence-corrected chi connectivity index (χ4v) is 2.38. The molecule has 0 atom stereocenters. The molecule has 4 heteroatoms. The van der Waals surface area contributed by atoms with E-state index in [1.807, 2.05) is 6.07 Å². The normalized spacial score (nSPS) is 13.5. The third-order valence-corrected chi connectivity index (χ3v) is 3.44. The first kappa shape index (κ1) is 15.8. The van der Waals surface area contributed by atoms with Crippen molar-refractivity contribution in [1.29, 1.82) is 0 Å². The van der Waals surface area contributed by atoms with E-state index >= 15 is 0 Å². The molecule has 0 saturated heterocycles. The second-order valence-corrected chi connectivity index (χ2v) is 4.95. The van der Waals surface area contributed by atoms with Gasteiger partial charge in [-0.15, -0.1) is 24.0 Å². The molecule has 21 heavy (non-hydrogen) atoms. The van der Waals surface area contributed by atoms with Crippen LogP contribution in [-0.2, 0) is 13.1 Å². The average Bonchev–Trinajstić information content (AvgIpc) is 2.94. The van der Waals surface area contributed by atoms with Crippen molar-refractivity contribution in [2.45, 2.75) is 13.1 Å². The molecular formula is C17H20IN3. The summed E-state index contributed by atoms with van der Waals surface area (Å²) < 4.78 is 0. The van der Waals surface area contributed by atoms with Gasteiger partial charge < -0.3 is 10.2 Å². The third-order valence-electron chi connectivity index (χ3n) is 3.44.